The average Bonchev–Trinajstić information content (AvgIpc) is 3.10. The molecule has 2 bridgehead atoms. The molecule has 3 unspecified atom stereocenters. The number of nitrogens with zero attached hydrogens (tertiary/aromatic N) is 2. The molecule has 6 aliphatic rings. The van der Waals surface area contributed by atoms with Gasteiger partial charge in [-0.1, -0.05) is 29.8 Å². The Hall–Kier alpha value is -1.65. The molecule has 128 valence electrons. The van der Waals surface area contributed by atoms with Gasteiger partial charge in [0.05, 0.1) is 25.2 Å². The molecule has 1 amide bonds. The predicted molar refractivity (Wildman–Crippen MR) is 93.4 cm³/mol. The second-order valence-corrected chi connectivity index (χ2v) is 8.78. The highest BCUT2D eigenvalue weighted by Gasteiger charge is 2.70. The fourth-order valence-electron chi connectivity index (χ4n) is 7.51. The highest BCUT2D eigenvalue weighted by Crippen LogP contribution is 2.65. The Bertz CT molecular complexity index is 848. The topological polar surface area (TPSA) is 32.8 Å². The Labute approximate surface area is 147 Å². The van der Waals surface area contributed by atoms with Crippen LogP contribution < -0.4 is 4.90 Å². The van der Waals surface area contributed by atoms with E-state index in [9.17, 15) is 4.79 Å². The van der Waals surface area contributed by atoms with Crippen molar-refractivity contribution < 1.29 is 9.53 Å². The second kappa shape index (κ2) is 4.18. The van der Waals surface area contributed by atoms with Gasteiger partial charge in [-0.3, -0.25) is 9.69 Å². The van der Waals surface area contributed by atoms with Gasteiger partial charge in [-0.25, -0.2) is 0 Å². The molecule has 25 heavy (non-hydrogen) atoms. The van der Waals surface area contributed by atoms with E-state index >= 15 is 0 Å². The SMILES string of the molecule is O=C1CC2OCC=C3CN4CC[C@]56c7ccccc7N1C5[C@H]2[C@@H]3CC46. The van der Waals surface area contributed by atoms with E-state index in [0.29, 0.717) is 36.9 Å². The van der Waals surface area contributed by atoms with Crippen molar-refractivity contribution in [2.75, 3.05) is 24.6 Å². The summed E-state index contributed by atoms with van der Waals surface area (Å²) in [5, 5.41) is 0. The maximum atomic E-state index is 13.2. The van der Waals surface area contributed by atoms with Crippen molar-refractivity contribution in [3.63, 3.8) is 0 Å². The van der Waals surface area contributed by atoms with E-state index in [2.05, 4.69) is 40.1 Å². The third-order valence-electron chi connectivity index (χ3n) is 8.22. The molecule has 4 nitrogen and oxygen atoms in total. The van der Waals surface area contributed by atoms with Crippen LogP contribution in [0.1, 0.15) is 24.8 Å². The van der Waals surface area contributed by atoms with Crippen LogP contribution in [-0.4, -0.2) is 48.7 Å². The smallest absolute Gasteiger partial charge is 0.229 e. The van der Waals surface area contributed by atoms with Crippen LogP contribution >= 0.6 is 0 Å². The standard InChI is InChI=1S/C21H22N2O2/c24-18-10-16-19-13-9-17-21(6-7-22(17)11-12(13)5-8-25-16)14-3-1-2-4-15(14)23(18)20(19)21/h1-5,13,16-17,19-20H,6-11H2/t13-,16?,17?,19+,20?,21-/m1/s1. The molecule has 0 aromatic heterocycles. The number of fused-ring (bicyclic) bond motifs is 2. The van der Waals surface area contributed by atoms with Gasteiger partial charge in [0.1, 0.15) is 0 Å². The van der Waals surface area contributed by atoms with Crippen LogP contribution in [0, 0.1) is 11.8 Å². The fourth-order valence-corrected chi connectivity index (χ4v) is 7.51. The molecule has 0 radical (unpaired) electrons. The Balaban J connectivity index is 1.55. The summed E-state index contributed by atoms with van der Waals surface area (Å²) in [5.74, 6) is 1.35. The minimum atomic E-state index is 0.104. The number of anilines is 1. The maximum Gasteiger partial charge on any atom is 0.229 e. The highest BCUT2D eigenvalue weighted by atomic mass is 16.5. The second-order valence-electron chi connectivity index (χ2n) is 8.78. The zero-order valence-corrected chi connectivity index (χ0v) is 14.2. The molecular weight excluding hydrogens is 312 g/mol. The summed E-state index contributed by atoms with van der Waals surface area (Å²) in [6.45, 7) is 2.97. The van der Waals surface area contributed by atoms with Crippen molar-refractivity contribution in [2.24, 2.45) is 11.8 Å². The molecule has 5 heterocycles. The van der Waals surface area contributed by atoms with Gasteiger partial charge < -0.3 is 9.64 Å². The molecule has 1 spiro atoms. The van der Waals surface area contributed by atoms with Crippen molar-refractivity contribution in [3.8, 4) is 0 Å². The molecule has 3 saturated heterocycles. The molecule has 5 aliphatic heterocycles. The average molecular weight is 334 g/mol. The summed E-state index contributed by atoms with van der Waals surface area (Å²) < 4.78 is 6.25. The number of amides is 1. The van der Waals surface area contributed by atoms with E-state index in [0.717, 1.165) is 6.54 Å². The van der Waals surface area contributed by atoms with E-state index in [1.54, 1.807) is 5.57 Å². The van der Waals surface area contributed by atoms with E-state index in [1.807, 2.05) is 0 Å². The maximum absolute atomic E-state index is 13.2. The molecule has 1 saturated carbocycles. The van der Waals surface area contributed by atoms with Gasteiger partial charge in [0.2, 0.25) is 5.91 Å². The molecule has 7 rings (SSSR count). The summed E-state index contributed by atoms with van der Waals surface area (Å²) in [4.78, 5) is 18.1. The zero-order valence-electron chi connectivity index (χ0n) is 14.2. The van der Waals surface area contributed by atoms with Crippen LogP contribution in [-0.2, 0) is 14.9 Å². The molecule has 1 aromatic rings. The van der Waals surface area contributed by atoms with Crippen LogP contribution in [0.3, 0.4) is 0 Å². The number of ether oxygens (including phenoxy) is 1. The number of carbonyl (C=O) groups excluding carboxylic acids is 1. The van der Waals surface area contributed by atoms with Gasteiger partial charge in [-0.15, -0.1) is 0 Å². The van der Waals surface area contributed by atoms with Crippen molar-refractivity contribution in [1.82, 2.24) is 4.90 Å². The quantitative estimate of drug-likeness (QED) is 0.681. The lowest BCUT2D eigenvalue weighted by molar-refractivity contribution is -0.132. The van der Waals surface area contributed by atoms with E-state index in [4.69, 9.17) is 4.74 Å². The zero-order chi connectivity index (χ0) is 16.3. The number of para-hydroxylation sites is 1. The third kappa shape index (κ3) is 1.33. The largest absolute Gasteiger partial charge is 0.373 e. The van der Waals surface area contributed by atoms with Crippen LogP contribution in [0.2, 0.25) is 0 Å². The van der Waals surface area contributed by atoms with Crippen molar-refractivity contribution in [1.29, 1.82) is 0 Å². The number of hydrogen-bond acceptors (Lipinski definition) is 3. The van der Waals surface area contributed by atoms with Gasteiger partial charge in [-0.2, -0.15) is 0 Å². The Morgan fingerprint density at radius 2 is 2.16 bits per heavy atom. The van der Waals surface area contributed by atoms with Crippen LogP contribution in [0.5, 0.6) is 0 Å². The summed E-state index contributed by atoms with van der Waals surface area (Å²) in [6, 6.07) is 9.64. The molecule has 0 N–H and O–H groups in total. The van der Waals surface area contributed by atoms with Gasteiger partial charge in [0.25, 0.3) is 0 Å². The third-order valence-corrected chi connectivity index (χ3v) is 8.22. The number of rotatable bonds is 0. The molecule has 1 aromatic carbocycles. The van der Waals surface area contributed by atoms with Crippen LogP contribution in [0.25, 0.3) is 0 Å². The van der Waals surface area contributed by atoms with Crippen molar-refractivity contribution >= 4 is 11.6 Å². The molecule has 4 heteroatoms. The van der Waals surface area contributed by atoms with Gasteiger partial charge in [0.15, 0.2) is 0 Å². The Morgan fingerprint density at radius 1 is 1.24 bits per heavy atom. The van der Waals surface area contributed by atoms with E-state index in [-0.39, 0.29) is 17.4 Å². The monoisotopic (exact) mass is 334 g/mol. The first-order chi connectivity index (χ1) is 12.3. The predicted octanol–water partition coefficient (Wildman–Crippen LogP) is 2.09. The molecule has 6 atom stereocenters. The molecule has 4 fully saturated rings. The number of hydrogen-bond donors (Lipinski definition) is 0. The molecular formula is C21H22N2O2. The summed E-state index contributed by atoms with van der Waals surface area (Å²) >= 11 is 0. The number of benzene rings is 1. The first kappa shape index (κ1) is 13.5. The van der Waals surface area contributed by atoms with Crippen molar-refractivity contribution in [3.05, 3.63) is 41.5 Å². The minimum Gasteiger partial charge on any atom is -0.373 e. The highest BCUT2D eigenvalue weighted by molar-refractivity contribution is 5.99. The summed E-state index contributed by atoms with van der Waals surface area (Å²) in [5.41, 5.74) is 4.35. The van der Waals surface area contributed by atoms with Gasteiger partial charge in [-0.05, 0) is 36.9 Å². The lowest BCUT2D eigenvalue weighted by Gasteiger charge is -2.58. The Kier molecular flexibility index (Phi) is 2.27. The summed E-state index contributed by atoms with van der Waals surface area (Å²) in [7, 11) is 0. The van der Waals surface area contributed by atoms with Crippen LogP contribution in [0.4, 0.5) is 5.69 Å². The minimum absolute atomic E-state index is 0.104. The number of carbonyl (C=O) groups is 1. The molecule has 1 aliphatic carbocycles. The normalized spacial score (nSPS) is 45.9. The lowest BCUT2D eigenvalue weighted by Crippen LogP contribution is -2.69. The van der Waals surface area contributed by atoms with E-state index < -0.39 is 0 Å². The fraction of sp³-hybridized carbons (Fsp3) is 0.571. The lowest BCUT2D eigenvalue weighted by atomic mass is 9.53. The van der Waals surface area contributed by atoms with E-state index in [1.165, 1.54) is 30.6 Å². The first-order valence-electron chi connectivity index (χ1n) is 9.75. The van der Waals surface area contributed by atoms with Gasteiger partial charge in [0, 0.05) is 29.6 Å². The van der Waals surface area contributed by atoms with Crippen LogP contribution in [0.15, 0.2) is 35.9 Å². The Morgan fingerprint density at radius 3 is 3.12 bits per heavy atom. The van der Waals surface area contributed by atoms with Gasteiger partial charge >= 0.3 is 0 Å². The number of piperidine rings is 2. The first-order valence-corrected chi connectivity index (χ1v) is 9.75. The summed E-state index contributed by atoms with van der Waals surface area (Å²) in [6.07, 6.45) is 5.43. The van der Waals surface area contributed by atoms with Crippen molar-refractivity contribution in [2.45, 2.75) is 42.9 Å².